The Kier molecular flexibility index (Phi) is 6.01. The number of rotatable bonds is 6. The van der Waals surface area contributed by atoms with Gasteiger partial charge >= 0.3 is 12.0 Å². The van der Waals surface area contributed by atoms with Gasteiger partial charge in [-0.2, -0.15) is 0 Å². The molecule has 1 spiro atoms. The van der Waals surface area contributed by atoms with E-state index in [2.05, 4.69) is 17.6 Å². The van der Waals surface area contributed by atoms with Gasteiger partial charge in [0.1, 0.15) is 5.54 Å². The van der Waals surface area contributed by atoms with E-state index >= 15 is 0 Å². The molecule has 3 rings (SSSR count). The van der Waals surface area contributed by atoms with Crippen LogP contribution in [-0.2, 0) is 19.1 Å². The lowest BCUT2D eigenvalue weighted by Gasteiger charge is -2.29. The highest BCUT2D eigenvalue weighted by Crippen LogP contribution is 2.35. The third kappa shape index (κ3) is 4.42. The van der Waals surface area contributed by atoms with Crippen LogP contribution in [0.4, 0.5) is 4.79 Å². The maximum atomic E-state index is 12.5. The van der Waals surface area contributed by atoms with E-state index in [0.717, 1.165) is 37.0 Å². The normalized spacial score (nSPS) is 26.9. The first-order valence-electron chi connectivity index (χ1n) is 10.0. The van der Waals surface area contributed by atoms with Crippen LogP contribution < -0.4 is 10.6 Å². The standard InChI is InChI=1S/C19H29N3O5/c1-13-6-2-3-7-14(13)20-15(23)12-27-16(24)8-11-22-17(25)19(21-18(22)26)9-4-5-10-19/h13-14H,2-12H2,1H3,(H,20,23)(H,21,26)/t13-,14-/m1/s1. The summed E-state index contributed by atoms with van der Waals surface area (Å²) < 4.78 is 5.01. The topological polar surface area (TPSA) is 105 Å². The van der Waals surface area contributed by atoms with Crippen molar-refractivity contribution in [2.75, 3.05) is 13.2 Å². The maximum Gasteiger partial charge on any atom is 0.325 e. The van der Waals surface area contributed by atoms with Gasteiger partial charge in [-0.15, -0.1) is 0 Å². The minimum Gasteiger partial charge on any atom is -0.456 e. The minimum absolute atomic E-state index is 0.0213. The largest absolute Gasteiger partial charge is 0.456 e. The fourth-order valence-electron chi connectivity index (χ4n) is 4.40. The molecule has 8 nitrogen and oxygen atoms in total. The molecule has 2 saturated carbocycles. The van der Waals surface area contributed by atoms with E-state index in [1.807, 2.05) is 0 Å². The van der Waals surface area contributed by atoms with Gasteiger partial charge in [0.05, 0.1) is 6.42 Å². The smallest absolute Gasteiger partial charge is 0.325 e. The fraction of sp³-hybridized carbons (Fsp3) is 0.789. The summed E-state index contributed by atoms with van der Waals surface area (Å²) in [5, 5.41) is 5.70. The predicted octanol–water partition coefficient (Wildman–Crippen LogP) is 1.48. The van der Waals surface area contributed by atoms with Crippen LogP contribution in [0.25, 0.3) is 0 Å². The molecule has 3 aliphatic rings. The van der Waals surface area contributed by atoms with Crippen LogP contribution in [0.1, 0.15) is 64.7 Å². The van der Waals surface area contributed by atoms with Crippen molar-refractivity contribution in [1.29, 1.82) is 0 Å². The molecule has 0 aromatic carbocycles. The van der Waals surface area contributed by atoms with Crippen molar-refractivity contribution in [1.82, 2.24) is 15.5 Å². The van der Waals surface area contributed by atoms with E-state index in [1.54, 1.807) is 0 Å². The highest BCUT2D eigenvalue weighted by molar-refractivity contribution is 6.07. The van der Waals surface area contributed by atoms with Gasteiger partial charge in [-0.1, -0.05) is 32.6 Å². The number of urea groups is 1. The van der Waals surface area contributed by atoms with Crippen molar-refractivity contribution < 1.29 is 23.9 Å². The number of carbonyl (C=O) groups excluding carboxylic acids is 4. The lowest BCUT2D eigenvalue weighted by molar-refractivity contribution is -0.149. The zero-order chi connectivity index (χ0) is 19.4. The van der Waals surface area contributed by atoms with Gasteiger partial charge in [-0.3, -0.25) is 19.3 Å². The van der Waals surface area contributed by atoms with E-state index in [4.69, 9.17) is 4.74 Å². The summed E-state index contributed by atoms with van der Waals surface area (Å²) in [6.07, 6.45) is 7.36. The molecule has 150 valence electrons. The monoisotopic (exact) mass is 379 g/mol. The summed E-state index contributed by atoms with van der Waals surface area (Å²) >= 11 is 0. The molecular formula is C19H29N3O5. The van der Waals surface area contributed by atoms with E-state index in [0.29, 0.717) is 18.8 Å². The van der Waals surface area contributed by atoms with Crippen LogP contribution in [0.5, 0.6) is 0 Å². The van der Waals surface area contributed by atoms with Crippen molar-refractivity contribution in [3.63, 3.8) is 0 Å². The Morgan fingerprint density at radius 1 is 1.19 bits per heavy atom. The quantitative estimate of drug-likeness (QED) is 0.537. The van der Waals surface area contributed by atoms with E-state index in [-0.39, 0.29) is 37.4 Å². The average molecular weight is 379 g/mol. The van der Waals surface area contributed by atoms with Gasteiger partial charge in [0.25, 0.3) is 11.8 Å². The molecule has 0 aromatic heterocycles. The predicted molar refractivity (Wildman–Crippen MR) is 96.6 cm³/mol. The number of nitrogens with one attached hydrogen (secondary N) is 2. The maximum absolute atomic E-state index is 12.5. The van der Waals surface area contributed by atoms with E-state index in [1.165, 1.54) is 6.42 Å². The zero-order valence-electron chi connectivity index (χ0n) is 15.9. The number of nitrogens with zero attached hydrogens (tertiary/aromatic N) is 1. The van der Waals surface area contributed by atoms with Gasteiger partial charge in [-0.25, -0.2) is 4.79 Å². The third-order valence-electron chi connectivity index (χ3n) is 6.06. The summed E-state index contributed by atoms with van der Waals surface area (Å²) in [4.78, 5) is 49.5. The second kappa shape index (κ2) is 8.27. The van der Waals surface area contributed by atoms with E-state index in [9.17, 15) is 19.2 Å². The van der Waals surface area contributed by atoms with Crippen LogP contribution >= 0.6 is 0 Å². The molecule has 4 amide bonds. The summed E-state index contributed by atoms with van der Waals surface area (Å²) in [5.41, 5.74) is -0.766. The number of imide groups is 1. The lowest BCUT2D eigenvalue weighted by atomic mass is 9.86. The van der Waals surface area contributed by atoms with Crippen molar-refractivity contribution >= 4 is 23.8 Å². The summed E-state index contributed by atoms with van der Waals surface area (Å²) in [7, 11) is 0. The number of ether oxygens (including phenoxy) is 1. The molecule has 3 fully saturated rings. The fourth-order valence-corrected chi connectivity index (χ4v) is 4.40. The zero-order valence-corrected chi connectivity index (χ0v) is 15.9. The van der Waals surface area contributed by atoms with Crippen LogP contribution in [0, 0.1) is 5.92 Å². The Hall–Kier alpha value is -2.12. The van der Waals surface area contributed by atoms with Crippen LogP contribution in [0.3, 0.4) is 0 Å². The molecule has 1 saturated heterocycles. The lowest BCUT2D eigenvalue weighted by Crippen LogP contribution is -2.44. The van der Waals surface area contributed by atoms with Crippen molar-refractivity contribution in [3.05, 3.63) is 0 Å². The molecule has 2 aliphatic carbocycles. The molecular weight excluding hydrogens is 350 g/mol. The Morgan fingerprint density at radius 2 is 1.89 bits per heavy atom. The Bertz CT molecular complexity index is 614. The molecule has 27 heavy (non-hydrogen) atoms. The molecule has 0 unspecified atom stereocenters. The number of carbonyl (C=O) groups is 4. The third-order valence-corrected chi connectivity index (χ3v) is 6.06. The summed E-state index contributed by atoms with van der Waals surface area (Å²) in [6, 6.07) is -0.308. The highest BCUT2D eigenvalue weighted by atomic mass is 16.5. The van der Waals surface area contributed by atoms with Gasteiger partial charge in [0, 0.05) is 12.6 Å². The summed E-state index contributed by atoms with van der Waals surface area (Å²) in [6.45, 7) is 1.77. The highest BCUT2D eigenvalue weighted by Gasteiger charge is 2.52. The first-order valence-corrected chi connectivity index (χ1v) is 10.0. The minimum atomic E-state index is -0.766. The van der Waals surface area contributed by atoms with Crippen molar-refractivity contribution in [2.24, 2.45) is 5.92 Å². The first kappa shape index (κ1) is 19.6. The molecule has 0 bridgehead atoms. The van der Waals surface area contributed by atoms with Crippen molar-refractivity contribution in [2.45, 2.75) is 76.3 Å². The molecule has 1 heterocycles. The molecule has 8 heteroatoms. The SMILES string of the molecule is C[C@@H]1CCCC[C@H]1NC(=O)COC(=O)CCN1C(=O)NC2(CCCC2)C1=O. The van der Waals surface area contributed by atoms with Gasteiger partial charge in [0.15, 0.2) is 6.61 Å². The molecule has 1 aliphatic heterocycles. The van der Waals surface area contributed by atoms with Gasteiger partial charge in [-0.05, 0) is 31.6 Å². The molecule has 0 radical (unpaired) electrons. The first-order chi connectivity index (χ1) is 12.9. The van der Waals surface area contributed by atoms with Crippen molar-refractivity contribution in [3.8, 4) is 0 Å². The molecule has 2 N–H and O–H groups in total. The van der Waals surface area contributed by atoms with Crippen LogP contribution in [0.2, 0.25) is 0 Å². The second-order valence-electron chi connectivity index (χ2n) is 8.02. The van der Waals surface area contributed by atoms with Gasteiger partial charge < -0.3 is 15.4 Å². The number of esters is 1. The summed E-state index contributed by atoms with van der Waals surface area (Å²) in [5.74, 6) is -0.709. The van der Waals surface area contributed by atoms with Gasteiger partial charge in [0.2, 0.25) is 0 Å². The van der Waals surface area contributed by atoms with Crippen LogP contribution in [0.15, 0.2) is 0 Å². The Morgan fingerprint density at radius 3 is 2.59 bits per heavy atom. The van der Waals surface area contributed by atoms with Crippen LogP contribution in [-0.4, -0.2) is 53.4 Å². The number of amides is 4. The van der Waals surface area contributed by atoms with E-state index < -0.39 is 17.5 Å². The Balaban J connectivity index is 1.39. The molecule has 2 atom stereocenters. The number of hydrogen-bond acceptors (Lipinski definition) is 5. The second-order valence-corrected chi connectivity index (χ2v) is 8.02. The number of hydrogen-bond donors (Lipinski definition) is 2. The Labute approximate surface area is 159 Å². The molecule has 0 aromatic rings. The average Bonchev–Trinajstić information content (AvgIpc) is 3.19.